The Hall–Kier alpha value is -2.95. The number of fused-ring (bicyclic) bond motifs is 5. The van der Waals surface area contributed by atoms with E-state index in [1.165, 1.54) is 11.3 Å². The molecule has 5 rings (SSSR count). The summed E-state index contributed by atoms with van der Waals surface area (Å²) < 4.78 is 0. The first-order valence-electron chi connectivity index (χ1n) is 8.08. The van der Waals surface area contributed by atoms with Crippen LogP contribution in [0.5, 0.6) is 0 Å². The summed E-state index contributed by atoms with van der Waals surface area (Å²) in [5.41, 5.74) is 3.50. The first-order chi connectivity index (χ1) is 11.7. The Morgan fingerprint density at radius 3 is 2.38 bits per heavy atom. The van der Waals surface area contributed by atoms with E-state index in [1.807, 2.05) is 12.3 Å². The van der Waals surface area contributed by atoms with Crippen LogP contribution in [0.15, 0.2) is 61.2 Å². The van der Waals surface area contributed by atoms with Crippen molar-refractivity contribution in [1.29, 1.82) is 0 Å². The summed E-state index contributed by atoms with van der Waals surface area (Å²) in [6.07, 6.45) is 7.29. The molecule has 3 aromatic rings. The molecule has 4 heterocycles. The van der Waals surface area contributed by atoms with Gasteiger partial charge in [0.1, 0.15) is 6.17 Å². The number of hydrogen-bond acceptors (Lipinski definition) is 5. The molecule has 0 bridgehead atoms. The lowest BCUT2D eigenvalue weighted by Gasteiger charge is -2.35. The molecule has 2 aliphatic rings. The molecule has 0 saturated heterocycles. The molecule has 0 saturated carbocycles. The second-order valence-corrected chi connectivity index (χ2v) is 6.77. The fourth-order valence-corrected chi connectivity index (χ4v) is 4.03. The fraction of sp³-hybridized carbons (Fsp3) is 0.211. The van der Waals surface area contributed by atoms with Gasteiger partial charge in [-0.05, 0) is 23.8 Å². The van der Waals surface area contributed by atoms with Crippen molar-refractivity contribution in [2.24, 2.45) is 0 Å². The zero-order chi connectivity index (χ0) is 16.3. The maximum Gasteiger partial charge on any atom is 0.178 e. The smallest absolute Gasteiger partial charge is 0.178 e. The largest absolute Gasteiger partial charge is 0.301 e. The van der Waals surface area contributed by atoms with Crippen LogP contribution in [0.1, 0.15) is 19.4 Å². The van der Waals surface area contributed by atoms with Crippen LogP contribution in [-0.4, -0.2) is 21.1 Å². The third-order valence-electron chi connectivity index (χ3n) is 5.03. The SMILES string of the molecule is CC1(C)c2ccccc2N2c3nccnc3N(c3cccnc3)C21. The standard InChI is InChI=1S/C19H17N5/c1-19(2)14-7-3-4-8-15(14)24-17-16(21-10-11-22-17)23(18(19)24)13-6-5-9-20-12-13/h3-12,18H,1-2H3. The van der Waals surface area contributed by atoms with Crippen LogP contribution in [0, 0.1) is 0 Å². The number of nitrogens with zero attached hydrogens (tertiary/aromatic N) is 5. The maximum absolute atomic E-state index is 4.64. The van der Waals surface area contributed by atoms with E-state index in [0.29, 0.717) is 0 Å². The van der Waals surface area contributed by atoms with Crippen molar-refractivity contribution >= 4 is 23.0 Å². The van der Waals surface area contributed by atoms with E-state index in [0.717, 1.165) is 17.3 Å². The lowest BCUT2D eigenvalue weighted by molar-refractivity contribution is 0.449. The molecule has 0 spiro atoms. The molecule has 118 valence electrons. The van der Waals surface area contributed by atoms with Crippen molar-refractivity contribution in [3.63, 3.8) is 0 Å². The highest BCUT2D eigenvalue weighted by atomic mass is 15.5. The summed E-state index contributed by atoms with van der Waals surface area (Å²) in [4.78, 5) is 18.1. The fourth-order valence-electron chi connectivity index (χ4n) is 4.03. The third-order valence-corrected chi connectivity index (χ3v) is 5.03. The normalized spacial score (nSPS) is 19.8. The predicted octanol–water partition coefficient (Wildman–Crippen LogP) is 3.78. The number of pyridine rings is 1. The quantitative estimate of drug-likeness (QED) is 0.684. The molecule has 2 aliphatic heterocycles. The Bertz CT molecular complexity index is 907. The molecule has 5 nitrogen and oxygen atoms in total. The van der Waals surface area contributed by atoms with Crippen molar-refractivity contribution < 1.29 is 0 Å². The van der Waals surface area contributed by atoms with E-state index < -0.39 is 0 Å². The Morgan fingerprint density at radius 1 is 0.875 bits per heavy atom. The second kappa shape index (κ2) is 4.54. The van der Waals surface area contributed by atoms with Crippen LogP contribution in [0.3, 0.4) is 0 Å². The average Bonchev–Trinajstić information content (AvgIpc) is 3.08. The van der Waals surface area contributed by atoms with Gasteiger partial charge in [0.2, 0.25) is 0 Å². The molecule has 0 N–H and O–H groups in total. The van der Waals surface area contributed by atoms with Crippen molar-refractivity contribution in [2.45, 2.75) is 25.4 Å². The van der Waals surface area contributed by atoms with E-state index in [-0.39, 0.29) is 11.6 Å². The number of anilines is 4. The number of hydrogen-bond donors (Lipinski definition) is 0. The van der Waals surface area contributed by atoms with Gasteiger partial charge < -0.3 is 4.90 Å². The Morgan fingerprint density at radius 2 is 1.62 bits per heavy atom. The summed E-state index contributed by atoms with van der Waals surface area (Å²) in [5.74, 6) is 1.79. The van der Waals surface area contributed by atoms with Crippen LogP contribution in [0.2, 0.25) is 0 Å². The zero-order valence-electron chi connectivity index (χ0n) is 13.6. The van der Waals surface area contributed by atoms with E-state index in [4.69, 9.17) is 0 Å². The number of benzene rings is 1. The monoisotopic (exact) mass is 315 g/mol. The van der Waals surface area contributed by atoms with Crippen LogP contribution >= 0.6 is 0 Å². The molecule has 0 fully saturated rings. The van der Waals surface area contributed by atoms with Crippen LogP contribution in [-0.2, 0) is 5.41 Å². The molecule has 1 aromatic carbocycles. The molecule has 1 unspecified atom stereocenters. The van der Waals surface area contributed by atoms with Gasteiger partial charge in [-0.2, -0.15) is 0 Å². The van der Waals surface area contributed by atoms with Gasteiger partial charge >= 0.3 is 0 Å². The lowest BCUT2D eigenvalue weighted by Crippen LogP contribution is -2.46. The second-order valence-electron chi connectivity index (χ2n) is 6.77. The van der Waals surface area contributed by atoms with Crippen molar-refractivity contribution in [2.75, 3.05) is 9.80 Å². The van der Waals surface area contributed by atoms with Crippen molar-refractivity contribution in [1.82, 2.24) is 15.0 Å². The van der Waals surface area contributed by atoms with Gasteiger partial charge in [0, 0.05) is 29.7 Å². The average molecular weight is 315 g/mol. The topological polar surface area (TPSA) is 45.2 Å². The van der Waals surface area contributed by atoms with Crippen molar-refractivity contribution in [3.8, 4) is 0 Å². The van der Waals surface area contributed by atoms with E-state index in [1.54, 1.807) is 18.6 Å². The Balaban J connectivity index is 1.80. The summed E-state index contributed by atoms with van der Waals surface area (Å²) in [5, 5.41) is 0. The third kappa shape index (κ3) is 1.56. The minimum atomic E-state index is -0.0746. The molecule has 24 heavy (non-hydrogen) atoms. The van der Waals surface area contributed by atoms with Gasteiger partial charge in [-0.1, -0.05) is 32.0 Å². The highest BCUT2D eigenvalue weighted by Gasteiger charge is 2.54. The highest BCUT2D eigenvalue weighted by molar-refractivity contribution is 5.88. The summed E-state index contributed by atoms with van der Waals surface area (Å²) in [6.45, 7) is 4.57. The minimum Gasteiger partial charge on any atom is -0.301 e. The van der Waals surface area contributed by atoms with Gasteiger partial charge in [0.15, 0.2) is 11.6 Å². The van der Waals surface area contributed by atoms with Gasteiger partial charge in [0.05, 0.1) is 11.9 Å². The molecule has 0 aliphatic carbocycles. The zero-order valence-corrected chi connectivity index (χ0v) is 13.6. The van der Waals surface area contributed by atoms with E-state index in [2.05, 4.69) is 68.9 Å². The van der Waals surface area contributed by atoms with Crippen LogP contribution < -0.4 is 9.80 Å². The first kappa shape index (κ1) is 13.5. The molecule has 1 atom stereocenters. The van der Waals surface area contributed by atoms with E-state index in [9.17, 15) is 0 Å². The molecule has 0 amide bonds. The van der Waals surface area contributed by atoms with E-state index >= 15 is 0 Å². The Labute approximate surface area is 140 Å². The molecule has 0 radical (unpaired) electrons. The first-order valence-corrected chi connectivity index (χ1v) is 8.08. The predicted molar refractivity (Wildman–Crippen MR) is 93.8 cm³/mol. The summed E-state index contributed by atoms with van der Waals surface area (Å²) >= 11 is 0. The maximum atomic E-state index is 4.64. The van der Waals surface area contributed by atoms with Gasteiger partial charge in [-0.15, -0.1) is 0 Å². The molecular formula is C19H17N5. The highest BCUT2D eigenvalue weighted by Crippen LogP contribution is 2.57. The van der Waals surface area contributed by atoms with Gasteiger partial charge in [-0.3, -0.25) is 9.88 Å². The Kier molecular flexibility index (Phi) is 2.55. The van der Waals surface area contributed by atoms with Gasteiger partial charge in [0.25, 0.3) is 0 Å². The van der Waals surface area contributed by atoms with Gasteiger partial charge in [-0.25, -0.2) is 9.97 Å². The summed E-state index contributed by atoms with van der Waals surface area (Å²) in [6, 6.07) is 12.6. The number of rotatable bonds is 1. The van der Waals surface area contributed by atoms with Crippen LogP contribution in [0.25, 0.3) is 0 Å². The number of aromatic nitrogens is 3. The molecule has 2 aromatic heterocycles. The van der Waals surface area contributed by atoms with Crippen LogP contribution in [0.4, 0.5) is 23.0 Å². The number of para-hydroxylation sites is 1. The molecule has 5 heteroatoms. The molecular weight excluding hydrogens is 298 g/mol. The lowest BCUT2D eigenvalue weighted by atomic mass is 9.83. The summed E-state index contributed by atoms with van der Waals surface area (Å²) in [7, 11) is 0. The minimum absolute atomic E-state index is 0.0746. The van der Waals surface area contributed by atoms with Crippen molar-refractivity contribution in [3.05, 3.63) is 66.7 Å².